The van der Waals surface area contributed by atoms with Crippen LogP contribution in [0.4, 0.5) is 0 Å². The number of piperidine rings is 1. The monoisotopic (exact) mass is 543 g/mol. The number of rotatable bonds is 9. The van der Waals surface area contributed by atoms with Crippen LogP contribution in [0.2, 0.25) is 0 Å². The van der Waals surface area contributed by atoms with Gasteiger partial charge in [0, 0.05) is 22.8 Å². The standard InChI is InChI=1S/C31H33N3O4S/c35-24(20-38-29-11-5-10-28-30(29)26-8-3-4-9-27(26)34-28)19-33-31(22-14-16-32-17-15-22)39(36,37)25-13-12-21-6-1-2-7-23(21)18-25/h1-13,18,22,24,31-35H,14-17,19-20H2/t24-,31?/m0/s1. The number of H-pyrrole nitrogens is 1. The minimum Gasteiger partial charge on any atom is -0.490 e. The first kappa shape index (κ1) is 25.8. The molecule has 0 radical (unpaired) electrons. The Balaban J connectivity index is 1.19. The third kappa shape index (κ3) is 5.25. The molecule has 0 amide bonds. The maximum absolute atomic E-state index is 13.9. The van der Waals surface area contributed by atoms with Crippen LogP contribution in [0.15, 0.2) is 89.8 Å². The van der Waals surface area contributed by atoms with E-state index in [-0.39, 0.29) is 19.1 Å². The van der Waals surface area contributed by atoms with E-state index in [1.807, 2.05) is 72.8 Å². The summed E-state index contributed by atoms with van der Waals surface area (Å²) < 4.78 is 33.9. The Kier molecular flexibility index (Phi) is 7.27. The molecule has 4 N–H and O–H groups in total. The first-order valence-electron chi connectivity index (χ1n) is 13.5. The number of aromatic amines is 1. The number of nitrogens with one attached hydrogen (secondary N) is 3. The molecule has 0 spiro atoms. The van der Waals surface area contributed by atoms with Crippen LogP contribution in [0, 0.1) is 5.92 Å². The van der Waals surface area contributed by atoms with Gasteiger partial charge in [0.25, 0.3) is 0 Å². The van der Waals surface area contributed by atoms with E-state index in [0.717, 1.165) is 58.5 Å². The van der Waals surface area contributed by atoms with Crippen LogP contribution in [0.25, 0.3) is 32.6 Å². The minimum atomic E-state index is -3.70. The quantitative estimate of drug-likeness (QED) is 0.217. The van der Waals surface area contributed by atoms with Crippen LogP contribution < -0.4 is 15.4 Å². The zero-order valence-electron chi connectivity index (χ0n) is 21.6. The first-order valence-corrected chi connectivity index (χ1v) is 15.0. The van der Waals surface area contributed by atoms with Crippen LogP contribution in [-0.4, -0.2) is 56.2 Å². The Bertz CT molecular complexity index is 1710. The Morgan fingerprint density at radius 1 is 0.897 bits per heavy atom. The van der Waals surface area contributed by atoms with Crippen LogP contribution >= 0.6 is 0 Å². The van der Waals surface area contributed by atoms with Gasteiger partial charge in [-0.05, 0) is 73.0 Å². The summed E-state index contributed by atoms with van der Waals surface area (Å²) in [5.74, 6) is 0.624. The Hall–Kier alpha value is -3.43. The molecule has 0 bridgehead atoms. The molecule has 1 unspecified atom stereocenters. The Morgan fingerprint density at radius 2 is 1.64 bits per heavy atom. The number of fused-ring (bicyclic) bond motifs is 4. The average Bonchev–Trinajstić information content (AvgIpc) is 3.36. The Morgan fingerprint density at radius 3 is 2.49 bits per heavy atom. The molecule has 5 aromatic rings. The van der Waals surface area contributed by atoms with Gasteiger partial charge in [-0.25, -0.2) is 8.42 Å². The van der Waals surface area contributed by atoms with Gasteiger partial charge in [0.1, 0.15) is 23.8 Å². The summed E-state index contributed by atoms with van der Waals surface area (Å²) in [7, 11) is -3.70. The van der Waals surface area contributed by atoms with Crippen molar-refractivity contribution in [1.82, 2.24) is 15.6 Å². The molecule has 6 rings (SSSR count). The maximum Gasteiger partial charge on any atom is 0.194 e. The van der Waals surface area contributed by atoms with E-state index in [0.29, 0.717) is 10.6 Å². The number of aliphatic hydroxyl groups excluding tert-OH is 1. The highest BCUT2D eigenvalue weighted by atomic mass is 32.2. The maximum atomic E-state index is 13.9. The van der Waals surface area contributed by atoms with Crippen molar-refractivity contribution < 1.29 is 18.3 Å². The summed E-state index contributed by atoms with van der Waals surface area (Å²) >= 11 is 0. The third-order valence-corrected chi connectivity index (χ3v) is 9.80. The lowest BCUT2D eigenvalue weighted by Gasteiger charge is -2.32. The second-order valence-electron chi connectivity index (χ2n) is 10.3. The summed E-state index contributed by atoms with van der Waals surface area (Å²) in [6.07, 6.45) is 0.612. The van der Waals surface area contributed by atoms with Gasteiger partial charge in [-0.15, -0.1) is 0 Å². The zero-order chi connectivity index (χ0) is 26.8. The van der Waals surface area contributed by atoms with Crippen molar-refractivity contribution in [1.29, 1.82) is 0 Å². The molecule has 1 aliphatic rings. The molecular formula is C31H33N3O4S. The summed E-state index contributed by atoms with van der Waals surface area (Å²) in [4.78, 5) is 3.70. The molecule has 202 valence electrons. The molecule has 2 atom stereocenters. The van der Waals surface area contributed by atoms with Crippen molar-refractivity contribution in [3.05, 3.63) is 84.9 Å². The van der Waals surface area contributed by atoms with Gasteiger partial charge in [0.05, 0.1) is 10.4 Å². The van der Waals surface area contributed by atoms with Crippen LogP contribution in [0.1, 0.15) is 12.8 Å². The van der Waals surface area contributed by atoms with Crippen LogP contribution in [-0.2, 0) is 9.84 Å². The number of benzene rings is 4. The molecule has 0 aliphatic carbocycles. The molecule has 8 heteroatoms. The predicted octanol–water partition coefficient (Wildman–Crippen LogP) is 4.60. The second kappa shape index (κ2) is 11.0. The van der Waals surface area contributed by atoms with Crippen molar-refractivity contribution in [3.8, 4) is 5.75 Å². The smallest absolute Gasteiger partial charge is 0.194 e. The van der Waals surface area contributed by atoms with E-state index in [9.17, 15) is 13.5 Å². The van der Waals surface area contributed by atoms with E-state index in [2.05, 4.69) is 15.6 Å². The number of hydrogen-bond donors (Lipinski definition) is 4. The zero-order valence-corrected chi connectivity index (χ0v) is 22.5. The normalized spacial score (nSPS) is 16.5. The van der Waals surface area contributed by atoms with Crippen molar-refractivity contribution >= 4 is 42.4 Å². The molecule has 1 fully saturated rings. The fourth-order valence-corrected chi connectivity index (χ4v) is 7.59. The van der Waals surface area contributed by atoms with Crippen LogP contribution in [0.5, 0.6) is 5.75 Å². The lowest BCUT2D eigenvalue weighted by atomic mass is 9.98. The van der Waals surface area contributed by atoms with E-state index in [4.69, 9.17) is 4.74 Å². The van der Waals surface area contributed by atoms with Crippen molar-refractivity contribution in [2.24, 2.45) is 5.92 Å². The van der Waals surface area contributed by atoms with Crippen molar-refractivity contribution in [2.75, 3.05) is 26.2 Å². The molecule has 0 saturated carbocycles. The van der Waals surface area contributed by atoms with Crippen molar-refractivity contribution in [2.45, 2.75) is 29.2 Å². The fourth-order valence-electron chi connectivity index (χ4n) is 5.65. The molecule has 4 aromatic carbocycles. The van der Waals surface area contributed by atoms with E-state index < -0.39 is 21.3 Å². The van der Waals surface area contributed by atoms with E-state index in [1.165, 1.54) is 0 Å². The number of hydrogen-bond acceptors (Lipinski definition) is 6. The van der Waals surface area contributed by atoms with Gasteiger partial charge in [-0.1, -0.05) is 54.6 Å². The summed E-state index contributed by atoms with van der Waals surface area (Å²) in [6, 6.07) is 26.9. The third-order valence-electron chi connectivity index (χ3n) is 7.67. The molecule has 1 aliphatic heterocycles. The lowest BCUT2D eigenvalue weighted by Crippen LogP contribution is -2.49. The summed E-state index contributed by atoms with van der Waals surface area (Å²) in [5, 5.41) is 20.5. The number of para-hydroxylation sites is 1. The van der Waals surface area contributed by atoms with E-state index in [1.54, 1.807) is 12.1 Å². The topological polar surface area (TPSA) is 103 Å². The highest BCUT2D eigenvalue weighted by molar-refractivity contribution is 7.92. The number of sulfone groups is 1. The fraction of sp³-hybridized carbons (Fsp3) is 0.290. The molecule has 1 saturated heterocycles. The van der Waals surface area contributed by atoms with Gasteiger partial charge >= 0.3 is 0 Å². The number of aromatic nitrogens is 1. The molecule has 1 aromatic heterocycles. The highest BCUT2D eigenvalue weighted by Gasteiger charge is 2.35. The molecular weight excluding hydrogens is 510 g/mol. The van der Waals surface area contributed by atoms with Gasteiger partial charge in [0.2, 0.25) is 0 Å². The Labute approximate surface area is 228 Å². The van der Waals surface area contributed by atoms with Gasteiger partial charge in [0.15, 0.2) is 9.84 Å². The number of aliphatic hydroxyl groups is 1. The van der Waals surface area contributed by atoms with Gasteiger partial charge in [-0.3, -0.25) is 5.32 Å². The number of ether oxygens (including phenoxy) is 1. The van der Waals surface area contributed by atoms with E-state index >= 15 is 0 Å². The summed E-state index contributed by atoms with van der Waals surface area (Å²) in [6.45, 7) is 1.69. The van der Waals surface area contributed by atoms with Gasteiger partial charge in [-0.2, -0.15) is 0 Å². The van der Waals surface area contributed by atoms with Crippen molar-refractivity contribution in [3.63, 3.8) is 0 Å². The lowest BCUT2D eigenvalue weighted by molar-refractivity contribution is 0.104. The summed E-state index contributed by atoms with van der Waals surface area (Å²) in [5.41, 5.74) is 1.99. The SMILES string of the molecule is O=S(=O)(c1ccc2ccccc2c1)C(NC[C@H](O)COc1cccc2[nH]c3ccccc3c12)C1CCNCC1. The minimum absolute atomic E-state index is 0.0422. The molecule has 2 heterocycles. The highest BCUT2D eigenvalue weighted by Crippen LogP contribution is 2.33. The predicted molar refractivity (Wildman–Crippen MR) is 156 cm³/mol. The first-order chi connectivity index (χ1) is 19.0. The van der Waals surface area contributed by atoms with Gasteiger partial charge < -0.3 is 20.1 Å². The molecule has 7 nitrogen and oxygen atoms in total. The van der Waals surface area contributed by atoms with Crippen LogP contribution in [0.3, 0.4) is 0 Å². The average molecular weight is 544 g/mol. The second-order valence-corrected chi connectivity index (χ2v) is 12.4. The largest absolute Gasteiger partial charge is 0.490 e. The molecule has 39 heavy (non-hydrogen) atoms.